The van der Waals surface area contributed by atoms with Crippen molar-refractivity contribution >= 4 is 6.29 Å². The summed E-state index contributed by atoms with van der Waals surface area (Å²) < 4.78 is 4.49. The van der Waals surface area contributed by atoms with Gasteiger partial charge in [0.1, 0.15) is 6.10 Å². The molecule has 1 atom stereocenters. The van der Waals surface area contributed by atoms with Crippen LogP contribution in [0.4, 0.5) is 0 Å². The fourth-order valence-corrected chi connectivity index (χ4v) is 0.134. The first-order chi connectivity index (χ1) is 2.43. The summed E-state index contributed by atoms with van der Waals surface area (Å²) in [5.74, 6) is 0. The maximum Gasteiger partial charge on any atom is 0.151 e. The molecule has 1 unspecified atom stereocenters. The number of carbonyl (C=O) groups is 1. The molecule has 6 heavy (non-hydrogen) atoms. The molecule has 1 fully saturated rings. The third kappa shape index (κ3) is 1.14. The van der Waals surface area contributed by atoms with Crippen LogP contribution in [0.2, 0.25) is 0 Å². The lowest BCUT2D eigenvalue weighted by Crippen LogP contribution is -1.79. The molecule has 1 rings (SSSR count). The first-order valence-electron chi connectivity index (χ1n) is 1.50. The van der Waals surface area contributed by atoms with Crippen LogP contribution in [0.25, 0.3) is 0 Å². The van der Waals surface area contributed by atoms with Gasteiger partial charge in [0.15, 0.2) is 6.29 Å². The number of ether oxygens (including phenoxy) is 1. The molecule has 3 N–H and O–H groups in total. The quantitative estimate of drug-likeness (QED) is 0.355. The van der Waals surface area contributed by atoms with Gasteiger partial charge in [0, 0.05) is 0 Å². The molecule has 1 aliphatic rings. The summed E-state index contributed by atoms with van der Waals surface area (Å²) >= 11 is 0. The van der Waals surface area contributed by atoms with Gasteiger partial charge in [-0.3, -0.25) is 0 Å². The summed E-state index contributed by atoms with van der Waals surface area (Å²) in [5.41, 5.74) is 0. The van der Waals surface area contributed by atoms with Crippen LogP contribution < -0.4 is 6.15 Å². The Balaban J connectivity index is 0.000000250. The van der Waals surface area contributed by atoms with E-state index in [1.807, 2.05) is 0 Å². The van der Waals surface area contributed by atoms with E-state index in [0.29, 0.717) is 6.61 Å². The van der Waals surface area contributed by atoms with Crippen LogP contribution in [0.1, 0.15) is 0 Å². The standard InChI is InChI=1S/C3H4O2.H3N/c4-1-3-2-5-3;/h1,3H,2H2;1H3. The van der Waals surface area contributed by atoms with E-state index in [1.165, 1.54) is 0 Å². The van der Waals surface area contributed by atoms with Crippen LogP contribution in [0, 0.1) is 0 Å². The lowest BCUT2D eigenvalue weighted by Gasteiger charge is -1.53. The third-order valence-electron chi connectivity index (χ3n) is 0.511. The smallest absolute Gasteiger partial charge is 0.151 e. The van der Waals surface area contributed by atoms with Crippen LogP contribution >= 0.6 is 0 Å². The predicted octanol–water partition coefficient (Wildman–Crippen LogP) is -0.254. The minimum atomic E-state index is -0.0463. The highest BCUT2D eigenvalue weighted by Gasteiger charge is 2.19. The molecule has 0 radical (unpaired) electrons. The van der Waals surface area contributed by atoms with Gasteiger partial charge in [-0.05, 0) is 0 Å². The summed E-state index contributed by atoms with van der Waals surface area (Å²) in [6, 6.07) is 0. The summed E-state index contributed by atoms with van der Waals surface area (Å²) in [4.78, 5) is 9.44. The van der Waals surface area contributed by atoms with Crippen molar-refractivity contribution in [1.29, 1.82) is 0 Å². The highest BCUT2D eigenvalue weighted by molar-refractivity contribution is 5.58. The van der Waals surface area contributed by atoms with Gasteiger partial charge in [-0.15, -0.1) is 0 Å². The van der Waals surface area contributed by atoms with E-state index in [-0.39, 0.29) is 12.3 Å². The van der Waals surface area contributed by atoms with Gasteiger partial charge in [0.05, 0.1) is 6.61 Å². The van der Waals surface area contributed by atoms with Crippen molar-refractivity contribution < 1.29 is 9.53 Å². The fourth-order valence-electron chi connectivity index (χ4n) is 0.134. The number of carbonyl (C=O) groups excluding carboxylic acids is 1. The monoisotopic (exact) mass is 89.0 g/mol. The predicted molar refractivity (Wildman–Crippen MR) is 20.8 cm³/mol. The second kappa shape index (κ2) is 1.89. The molecule has 3 heteroatoms. The van der Waals surface area contributed by atoms with Gasteiger partial charge in [-0.1, -0.05) is 0 Å². The zero-order valence-corrected chi connectivity index (χ0v) is 3.39. The molecule has 1 aliphatic heterocycles. The first-order valence-corrected chi connectivity index (χ1v) is 1.50. The lowest BCUT2D eigenvalue weighted by molar-refractivity contribution is -0.108. The molecule has 36 valence electrons. The zero-order chi connectivity index (χ0) is 3.70. The summed E-state index contributed by atoms with van der Waals surface area (Å²) in [6.45, 7) is 0.642. The first kappa shape index (κ1) is 5.59. The molecule has 0 saturated carbocycles. The molecule has 1 heterocycles. The zero-order valence-electron chi connectivity index (χ0n) is 3.39. The normalized spacial score (nSPS) is 27.7. The lowest BCUT2D eigenvalue weighted by atomic mass is 10.6. The average molecular weight is 89.1 g/mol. The highest BCUT2D eigenvalue weighted by atomic mass is 16.6. The van der Waals surface area contributed by atoms with Crippen LogP contribution in [-0.4, -0.2) is 19.0 Å². The van der Waals surface area contributed by atoms with Crippen molar-refractivity contribution in [2.45, 2.75) is 6.10 Å². The molecule has 0 amide bonds. The van der Waals surface area contributed by atoms with Crippen molar-refractivity contribution in [2.75, 3.05) is 6.61 Å². The Kier molecular flexibility index (Phi) is 1.76. The Bertz CT molecular complexity index is 50.8. The van der Waals surface area contributed by atoms with Crippen LogP contribution in [0.3, 0.4) is 0 Å². The largest absolute Gasteiger partial charge is 0.365 e. The van der Waals surface area contributed by atoms with E-state index in [1.54, 1.807) is 0 Å². The van der Waals surface area contributed by atoms with E-state index in [9.17, 15) is 4.79 Å². The molecule has 0 aromatic rings. The molecule has 3 nitrogen and oxygen atoms in total. The number of epoxide rings is 1. The second-order valence-corrected chi connectivity index (χ2v) is 1.01. The minimum Gasteiger partial charge on any atom is -0.365 e. The Hall–Kier alpha value is -0.410. The summed E-state index contributed by atoms with van der Waals surface area (Å²) in [7, 11) is 0. The van der Waals surface area contributed by atoms with E-state index in [0.717, 1.165) is 6.29 Å². The highest BCUT2D eigenvalue weighted by Crippen LogP contribution is 2.02. The van der Waals surface area contributed by atoms with Gasteiger partial charge in [0.2, 0.25) is 0 Å². The molecule has 0 aromatic heterocycles. The van der Waals surface area contributed by atoms with Crippen LogP contribution in [0.5, 0.6) is 0 Å². The van der Waals surface area contributed by atoms with Gasteiger partial charge in [0.25, 0.3) is 0 Å². The fraction of sp³-hybridized carbons (Fsp3) is 0.667. The molecule has 0 spiro atoms. The maximum atomic E-state index is 9.44. The second-order valence-electron chi connectivity index (χ2n) is 1.01. The Morgan fingerprint density at radius 2 is 2.33 bits per heavy atom. The average Bonchev–Trinajstić information content (AvgIpc) is 2.12. The molecular weight excluding hydrogens is 82.0 g/mol. The number of hydrogen-bond acceptors (Lipinski definition) is 3. The van der Waals surface area contributed by atoms with Gasteiger partial charge >= 0.3 is 0 Å². The summed E-state index contributed by atoms with van der Waals surface area (Å²) in [6.07, 6.45) is 0.759. The minimum absolute atomic E-state index is 0. The SMILES string of the molecule is N.O=CC1CO1. The topological polar surface area (TPSA) is 64.6 Å². The van der Waals surface area contributed by atoms with Crippen molar-refractivity contribution in [2.24, 2.45) is 0 Å². The van der Waals surface area contributed by atoms with Crippen molar-refractivity contribution in [3.05, 3.63) is 0 Å². The van der Waals surface area contributed by atoms with Crippen molar-refractivity contribution in [3.63, 3.8) is 0 Å². The van der Waals surface area contributed by atoms with Crippen LogP contribution in [0.15, 0.2) is 0 Å². The van der Waals surface area contributed by atoms with E-state index in [2.05, 4.69) is 4.74 Å². The van der Waals surface area contributed by atoms with Gasteiger partial charge in [-0.2, -0.15) is 0 Å². The summed E-state index contributed by atoms with van der Waals surface area (Å²) in [5, 5.41) is 0. The van der Waals surface area contributed by atoms with Crippen molar-refractivity contribution in [3.8, 4) is 0 Å². The van der Waals surface area contributed by atoms with Crippen LogP contribution in [-0.2, 0) is 9.53 Å². The third-order valence-corrected chi connectivity index (χ3v) is 0.511. The number of rotatable bonds is 1. The molecular formula is C3H7NO2. The van der Waals surface area contributed by atoms with E-state index < -0.39 is 0 Å². The molecule has 1 saturated heterocycles. The number of aldehydes is 1. The molecule has 0 aromatic carbocycles. The Labute approximate surface area is 35.9 Å². The van der Waals surface area contributed by atoms with Crippen molar-refractivity contribution in [1.82, 2.24) is 6.15 Å². The van der Waals surface area contributed by atoms with Gasteiger partial charge < -0.3 is 15.7 Å². The van der Waals surface area contributed by atoms with E-state index >= 15 is 0 Å². The molecule has 0 aliphatic carbocycles. The Morgan fingerprint density at radius 3 is 2.33 bits per heavy atom. The number of hydrogen-bond donors (Lipinski definition) is 1. The maximum absolute atomic E-state index is 9.44. The molecule has 0 bridgehead atoms. The Morgan fingerprint density at radius 1 is 1.83 bits per heavy atom. The van der Waals surface area contributed by atoms with Gasteiger partial charge in [-0.25, -0.2) is 0 Å². The van der Waals surface area contributed by atoms with E-state index in [4.69, 9.17) is 0 Å².